The normalized spacial score (nSPS) is 16.2. The molecule has 0 aromatic heterocycles. The lowest BCUT2D eigenvalue weighted by atomic mass is 10.1. The third-order valence-corrected chi connectivity index (χ3v) is 3.51. The predicted octanol–water partition coefficient (Wildman–Crippen LogP) is 3.03. The van der Waals surface area contributed by atoms with Crippen molar-refractivity contribution in [3.05, 3.63) is 66.2 Å². The number of amides is 1. The number of carbonyl (C=O) groups excluding carboxylic acids is 2. The van der Waals surface area contributed by atoms with Crippen LogP contribution in [0.25, 0.3) is 6.08 Å². The molecule has 0 spiro atoms. The molecular weight excluding hydrogens is 306 g/mol. The maximum Gasteiger partial charge on any atom is 0.310 e. The quantitative estimate of drug-likeness (QED) is 0.859. The molecule has 24 heavy (non-hydrogen) atoms. The summed E-state index contributed by atoms with van der Waals surface area (Å²) in [5.41, 5.74) is 1.64. The minimum atomic E-state index is -0.870. The van der Waals surface area contributed by atoms with Crippen molar-refractivity contribution >= 4 is 23.6 Å². The van der Waals surface area contributed by atoms with E-state index in [1.54, 1.807) is 30.3 Å². The Hall–Kier alpha value is -3.08. The van der Waals surface area contributed by atoms with E-state index in [0.717, 1.165) is 5.56 Å². The standard InChI is InChI=1S/C19H17NO4/c21-18(23-12-6-9-14-7-2-1-3-8-14)13-17-19(22)20-15-10-4-5-11-16(15)24-17/h1-11,17H,12-13H2,(H,20,22)/b9-6+. The van der Waals surface area contributed by atoms with Gasteiger partial charge >= 0.3 is 5.97 Å². The Morgan fingerprint density at radius 3 is 2.71 bits per heavy atom. The molecule has 5 nitrogen and oxygen atoms in total. The molecule has 1 heterocycles. The van der Waals surface area contributed by atoms with E-state index in [1.807, 2.05) is 36.4 Å². The molecule has 0 saturated heterocycles. The maximum absolute atomic E-state index is 11.9. The predicted molar refractivity (Wildman–Crippen MR) is 90.5 cm³/mol. The molecule has 0 aliphatic carbocycles. The van der Waals surface area contributed by atoms with Crippen molar-refractivity contribution in [3.63, 3.8) is 0 Å². The molecule has 1 amide bonds. The van der Waals surface area contributed by atoms with Gasteiger partial charge in [-0.2, -0.15) is 0 Å². The van der Waals surface area contributed by atoms with E-state index in [9.17, 15) is 9.59 Å². The van der Waals surface area contributed by atoms with Gasteiger partial charge in [-0.1, -0.05) is 48.5 Å². The zero-order valence-corrected chi connectivity index (χ0v) is 13.0. The topological polar surface area (TPSA) is 64.6 Å². The highest BCUT2D eigenvalue weighted by atomic mass is 16.5. The summed E-state index contributed by atoms with van der Waals surface area (Å²) < 4.78 is 10.7. The van der Waals surface area contributed by atoms with E-state index >= 15 is 0 Å². The van der Waals surface area contributed by atoms with Gasteiger partial charge in [0.05, 0.1) is 12.1 Å². The van der Waals surface area contributed by atoms with Crippen LogP contribution in [-0.4, -0.2) is 24.6 Å². The molecule has 122 valence electrons. The van der Waals surface area contributed by atoms with E-state index < -0.39 is 12.1 Å². The Balaban J connectivity index is 1.49. The zero-order chi connectivity index (χ0) is 16.8. The van der Waals surface area contributed by atoms with Gasteiger partial charge < -0.3 is 14.8 Å². The van der Waals surface area contributed by atoms with Crippen molar-refractivity contribution in [1.82, 2.24) is 0 Å². The highest BCUT2D eigenvalue weighted by Crippen LogP contribution is 2.29. The number of nitrogens with one attached hydrogen (secondary N) is 1. The van der Waals surface area contributed by atoms with E-state index in [-0.39, 0.29) is 18.9 Å². The summed E-state index contributed by atoms with van der Waals surface area (Å²) >= 11 is 0. The van der Waals surface area contributed by atoms with Crippen LogP contribution in [0.3, 0.4) is 0 Å². The number of rotatable bonds is 5. The van der Waals surface area contributed by atoms with E-state index in [1.165, 1.54) is 0 Å². The third kappa shape index (κ3) is 4.01. The van der Waals surface area contributed by atoms with Gasteiger partial charge in [0.1, 0.15) is 12.4 Å². The van der Waals surface area contributed by atoms with Crippen LogP contribution in [0.4, 0.5) is 5.69 Å². The summed E-state index contributed by atoms with van der Waals surface area (Å²) in [6, 6.07) is 16.8. The van der Waals surface area contributed by atoms with Gasteiger partial charge in [-0.25, -0.2) is 0 Å². The first-order chi connectivity index (χ1) is 11.7. The van der Waals surface area contributed by atoms with E-state index in [0.29, 0.717) is 11.4 Å². The first-order valence-corrected chi connectivity index (χ1v) is 7.66. The molecule has 0 saturated carbocycles. The highest BCUT2D eigenvalue weighted by Gasteiger charge is 2.29. The van der Waals surface area contributed by atoms with Crippen LogP contribution in [0, 0.1) is 0 Å². The lowest BCUT2D eigenvalue weighted by Crippen LogP contribution is -2.38. The molecule has 0 fully saturated rings. The molecule has 3 rings (SSSR count). The largest absolute Gasteiger partial charge is 0.478 e. The number of anilines is 1. The summed E-state index contributed by atoms with van der Waals surface area (Å²) in [5, 5.41) is 2.72. The Bertz CT molecular complexity index is 755. The molecule has 5 heteroatoms. The van der Waals surface area contributed by atoms with Crippen LogP contribution in [0.1, 0.15) is 12.0 Å². The molecule has 1 unspecified atom stereocenters. The van der Waals surface area contributed by atoms with Crippen molar-refractivity contribution in [2.24, 2.45) is 0 Å². The number of para-hydroxylation sites is 2. The minimum Gasteiger partial charge on any atom is -0.478 e. The molecule has 1 aliphatic rings. The maximum atomic E-state index is 11.9. The average Bonchev–Trinajstić information content (AvgIpc) is 2.60. The Labute approximate surface area is 139 Å². The number of benzene rings is 2. The summed E-state index contributed by atoms with van der Waals surface area (Å²) in [6.45, 7) is 0.151. The van der Waals surface area contributed by atoms with Gasteiger partial charge in [-0.3, -0.25) is 9.59 Å². The van der Waals surface area contributed by atoms with Crippen molar-refractivity contribution in [2.75, 3.05) is 11.9 Å². The number of hydrogen-bond donors (Lipinski definition) is 1. The summed E-state index contributed by atoms with van der Waals surface area (Å²) in [4.78, 5) is 23.8. The summed E-state index contributed by atoms with van der Waals surface area (Å²) in [6.07, 6.45) is 2.63. The second-order valence-corrected chi connectivity index (χ2v) is 5.29. The number of hydrogen-bond acceptors (Lipinski definition) is 4. The monoisotopic (exact) mass is 323 g/mol. The van der Waals surface area contributed by atoms with Gasteiger partial charge in [-0.15, -0.1) is 0 Å². The second-order valence-electron chi connectivity index (χ2n) is 5.29. The van der Waals surface area contributed by atoms with E-state index in [2.05, 4.69) is 5.32 Å². The second kappa shape index (κ2) is 7.46. The van der Waals surface area contributed by atoms with Crippen LogP contribution >= 0.6 is 0 Å². The fraction of sp³-hybridized carbons (Fsp3) is 0.158. The summed E-state index contributed by atoms with van der Waals surface area (Å²) in [5.74, 6) is -0.267. The van der Waals surface area contributed by atoms with Crippen molar-refractivity contribution in [1.29, 1.82) is 0 Å². The SMILES string of the molecule is O=C(CC1Oc2ccccc2NC1=O)OC/C=C/c1ccccc1. The van der Waals surface area contributed by atoms with Crippen LogP contribution in [0.2, 0.25) is 0 Å². The first kappa shape index (κ1) is 15.8. The fourth-order valence-electron chi connectivity index (χ4n) is 2.33. The van der Waals surface area contributed by atoms with Gasteiger partial charge in [0.2, 0.25) is 0 Å². The van der Waals surface area contributed by atoms with Crippen LogP contribution in [0.5, 0.6) is 5.75 Å². The molecule has 0 bridgehead atoms. The molecule has 2 aromatic rings. The van der Waals surface area contributed by atoms with Gasteiger partial charge in [0.25, 0.3) is 5.91 Å². The van der Waals surface area contributed by atoms with Crippen molar-refractivity contribution in [2.45, 2.75) is 12.5 Å². The van der Waals surface area contributed by atoms with Gasteiger partial charge in [0, 0.05) is 0 Å². The van der Waals surface area contributed by atoms with Crippen LogP contribution < -0.4 is 10.1 Å². The zero-order valence-electron chi connectivity index (χ0n) is 13.0. The Kier molecular flexibility index (Phi) is 4.91. The fourth-order valence-corrected chi connectivity index (χ4v) is 2.33. The Morgan fingerprint density at radius 1 is 1.12 bits per heavy atom. The third-order valence-electron chi connectivity index (χ3n) is 3.51. The molecule has 2 aromatic carbocycles. The molecule has 0 radical (unpaired) electrons. The highest BCUT2D eigenvalue weighted by molar-refractivity contribution is 5.99. The number of carbonyl (C=O) groups is 2. The van der Waals surface area contributed by atoms with E-state index in [4.69, 9.17) is 9.47 Å². The molecular formula is C19H17NO4. The number of fused-ring (bicyclic) bond motifs is 1. The van der Waals surface area contributed by atoms with Gasteiger partial charge in [0.15, 0.2) is 6.10 Å². The minimum absolute atomic E-state index is 0.126. The first-order valence-electron chi connectivity index (χ1n) is 7.66. The van der Waals surface area contributed by atoms with Crippen LogP contribution in [-0.2, 0) is 14.3 Å². The Morgan fingerprint density at radius 2 is 1.88 bits per heavy atom. The van der Waals surface area contributed by atoms with Gasteiger partial charge in [-0.05, 0) is 23.8 Å². The smallest absolute Gasteiger partial charge is 0.310 e. The average molecular weight is 323 g/mol. The lowest BCUT2D eigenvalue weighted by Gasteiger charge is -2.25. The number of ether oxygens (including phenoxy) is 2. The molecule has 1 N–H and O–H groups in total. The van der Waals surface area contributed by atoms with Crippen molar-refractivity contribution in [3.8, 4) is 5.75 Å². The molecule has 1 atom stereocenters. The van der Waals surface area contributed by atoms with Crippen molar-refractivity contribution < 1.29 is 19.1 Å². The molecule has 1 aliphatic heterocycles. The van der Waals surface area contributed by atoms with Crippen LogP contribution in [0.15, 0.2) is 60.7 Å². The summed E-state index contributed by atoms with van der Waals surface area (Å²) in [7, 11) is 0. The lowest BCUT2D eigenvalue weighted by molar-refractivity contribution is -0.146. The number of esters is 1.